The zero-order valence-electron chi connectivity index (χ0n) is 17.8. The van der Waals surface area contributed by atoms with Crippen molar-refractivity contribution in [2.75, 3.05) is 0 Å². The van der Waals surface area contributed by atoms with Gasteiger partial charge in [0.2, 0.25) is 0 Å². The molecular weight excluding hydrogens is 380 g/mol. The lowest BCUT2D eigenvalue weighted by Crippen LogP contribution is -2.37. The van der Waals surface area contributed by atoms with E-state index in [-0.39, 0.29) is 5.60 Å². The molecule has 4 rings (SSSR count). The fourth-order valence-electron chi connectivity index (χ4n) is 4.20. The van der Waals surface area contributed by atoms with E-state index < -0.39 is 0 Å². The first-order chi connectivity index (χ1) is 13.8. The van der Waals surface area contributed by atoms with Crippen molar-refractivity contribution in [1.82, 2.24) is 0 Å². The summed E-state index contributed by atoms with van der Waals surface area (Å²) in [5.41, 5.74) is 6.39. The zero-order chi connectivity index (χ0) is 20.6. The van der Waals surface area contributed by atoms with Gasteiger partial charge in [-0.25, -0.2) is 0 Å². The van der Waals surface area contributed by atoms with E-state index in [0.29, 0.717) is 5.41 Å². The third kappa shape index (κ3) is 4.25. The summed E-state index contributed by atoms with van der Waals surface area (Å²) in [5, 5.41) is 5.19. The molecule has 0 bridgehead atoms. The van der Waals surface area contributed by atoms with Crippen LogP contribution in [-0.4, -0.2) is 17.0 Å². The molecule has 1 aliphatic carbocycles. The molecule has 0 amide bonds. The largest absolute Gasteiger partial charge is 0.389 e. The van der Waals surface area contributed by atoms with Crippen LogP contribution in [0.15, 0.2) is 52.6 Å². The van der Waals surface area contributed by atoms with Crippen LogP contribution in [-0.2, 0) is 4.84 Å². The van der Waals surface area contributed by atoms with Gasteiger partial charge in [-0.1, -0.05) is 60.9 Å². The fourth-order valence-corrected chi connectivity index (χ4v) is 4.45. The Morgan fingerprint density at radius 1 is 1.07 bits per heavy atom. The lowest BCUT2D eigenvalue weighted by molar-refractivity contribution is -0.0653. The van der Waals surface area contributed by atoms with Crippen molar-refractivity contribution >= 4 is 28.7 Å². The van der Waals surface area contributed by atoms with Crippen LogP contribution < -0.4 is 0 Å². The van der Waals surface area contributed by atoms with Crippen LogP contribution in [0, 0.1) is 12.3 Å². The Bertz CT molecular complexity index is 980. The molecule has 1 heterocycles. The molecule has 4 heteroatoms. The molecular formula is C25H29ClN2O. The zero-order valence-corrected chi connectivity index (χ0v) is 18.5. The van der Waals surface area contributed by atoms with Crippen LogP contribution >= 0.6 is 11.6 Å². The van der Waals surface area contributed by atoms with Gasteiger partial charge in [0.05, 0.1) is 11.4 Å². The number of rotatable bonds is 3. The van der Waals surface area contributed by atoms with Gasteiger partial charge >= 0.3 is 0 Å². The van der Waals surface area contributed by atoms with E-state index >= 15 is 0 Å². The summed E-state index contributed by atoms with van der Waals surface area (Å²) in [6.45, 7) is 8.81. The molecule has 1 spiro atoms. The monoisotopic (exact) mass is 408 g/mol. The standard InChI is InChI=1S/C25H29ClN2O/c1-17-9-10-19(20-7-5-6-8-21(20)26)15-22(17)27-18(2)23-16-25(29-28-23)13-11-24(3,4)12-14-25/h5-10,15H,11-14,16H2,1-4H3/b27-18+. The molecule has 0 atom stereocenters. The van der Waals surface area contributed by atoms with Crippen LogP contribution in [0.1, 0.15) is 58.4 Å². The smallest absolute Gasteiger partial charge is 0.143 e. The minimum Gasteiger partial charge on any atom is -0.389 e. The van der Waals surface area contributed by atoms with Gasteiger partial charge < -0.3 is 4.84 Å². The lowest BCUT2D eigenvalue weighted by atomic mass is 9.69. The number of aryl methyl sites for hydroxylation is 1. The molecule has 0 N–H and O–H groups in total. The first kappa shape index (κ1) is 20.2. The highest BCUT2D eigenvalue weighted by Gasteiger charge is 2.44. The molecule has 2 aromatic rings. The average Bonchev–Trinajstić information content (AvgIpc) is 3.11. The summed E-state index contributed by atoms with van der Waals surface area (Å²) in [4.78, 5) is 10.9. The predicted octanol–water partition coefficient (Wildman–Crippen LogP) is 7.52. The maximum atomic E-state index is 6.39. The normalized spacial score (nSPS) is 20.4. The van der Waals surface area contributed by atoms with Crippen molar-refractivity contribution < 1.29 is 4.84 Å². The van der Waals surface area contributed by atoms with Crippen LogP contribution in [0.4, 0.5) is 5.69 Å². The third-order valence-corrected chi connectivity index (χ3v) is 6.78. The predicted molar refractivity (Wildman–Crippen MR) is 123 cm³/mol. The van der Waals surface area contributed by atoms with Crippen molar-refractivity contribution in [2.24, 2.45) is 15.6 Å². The Hall–Kier alpha value is -2.13. The second-order valence-corrected chi connectivity index (χ2v) is 9.74. The summed E-state index contributed by atoms with van der Waals surface area (Å²) in [5.74, 6) is 0. The van der Waals surface area contributed by atoms with Gasteiger partial charge in [0.25, 0.3) is 0 Å². The first-order valence-electron chi connectivity index (χ1n) is 10.4. The molecule has 0 aromatic heterocycles. The summed E-state index contributed by atoms with van der Waals surface area (Å²) in [6.07, 6.45) is 5.38. The van der Waals surface area contributed by atoms with E-state index in [4.69, 9.17) is 21.4 Å². The van der Waals surface area contributed by atoms with E-state index in [2.05, 4.69) is 44.1 Å². The highest BCUT2D eigenvalue weighted by Crippen LogP contribution is 2.46. The second-order valence-electron chi connectivity index (χ2n) is 9.33. The molecule has 29 heavy (non-hydrogen) atoms. The molecule has 3 nitrogen and oxygen atoms in total. The SMILES string of the molecule is C/C(=N\c1cc(-c2ccccc2Cl)ccc1C)C1=NOC2(CCC(C)(C)CC2)C1. The molecule has 0 radical (unpaired) electrons. The quantitative estimate of drug-likeness (QED) is 0.483. The number of nitrogens with zero attached hydrogens (tertiary/aromatic N) is 2. The van der Waals surface area contributed by atoms with Crippen LogP contribution in [0.3, 0.4) is 0 Å². The van der Waals surface area contributed by atoms with Gasteiger partial charge in [-0.2, -0.15) is 0 Å². The highest BCUT2D eigenvalue weighted by molar-refractivity contribution is 6.42. The second kappa shape index (κ2) is 7.60. The summed E-state index contributed by atoms with van der Waals surface area (Å²) in [7, 11) is 0. The van der Waals surface area contributed by atoms with Crippen molar-refractivity contribution in [3.05, 3.63) is 53.1 Å². The van der Waals surface area contributed by atoms with Gasteiger partial charge in [0.1, 0.15) is 11.3 Å². The Balaban J connectivity index is 1.56. The Morgan fingerprint density at radius 2 is 1.79 bits per heavy atom. The molecule has 152 valence electrons. The summed E-state index contributed by atoms with van der Waals surface area (Å²) >= 11 is 6.39. The minimum absolute atomic E-state index is 0.115. The number of halogens is 1. The van der Waals surface area contributed by atoms with Crippen molar-refractivity contribution in [2.45, 2.75) is 65.4 Å². The Kier molecular flexibility index (Phi) is 5.29. The van der Waals surface area contributed by atoms with Crippen molar-refractivity contribution in [1.29, 1.82) is 0 Å². The average molecular weight is 409 g/mol. The van der Waals surface area contributed by atoms with Gasteiger partial charge in [-0.3, -0.25) is 4.99 Å². The van der Waals surface area contributed by atoms with E-state index in [0.717, 1.165) is 58.1 Å². The third-order valence-electron chi connectivity index (χ3n) is 6.45. The summed E-state index contributed by atoms with van der Waals surface area (Å²) < 4.78 is 0. The number of benzene rings is 2. The van der Waals surface area contributed by atoms with Crippen molar-refractivity contribution in [3.8, 4) is 11.1 Å². The van der Waals surface area contributed by atoms with Gasteiger partial charge in [0, 0.05) is 17.0 Å². The van der Waals surface area contributed by atoms with Crippen LogP contribution in [0.25, 0.3) is 11.1 Å². The topological polar surface area (TPSA) is 34.0 Å². The number of aliphatic imine (C=N–C) groups is 1. The first-order valence-corrected chi connectivity index (χ1v) is 10.8. The molecule has 0 unspecified atom stereocenters. The molecule has 1 saturated carbocycles. The van der Waals surface area contributed by atoms with Crippen molar-refractivity contribution in [3.63, 3.8) is 0 Å². The number of oxime groups is 1. The van der Waals surface area contributed by atoms with Gasteiger partial charge in [-0.15, -0.1) is 0 Å². The number of hydrogen-bond donors (Lipinski definition) is 0. The highest BCUT2D eigenvalue weighted by atomic mass is 35.5. The molecule has 2 aromatic carbocycles. The lowest BCUT2D eigenvalue weighted by Gasteiger charge is -2.39. The Labute approximate surface area is 178 Å². The molecule has 0 saturated heterocycles. The minimum atomic E-state index is -0.115. The molecule has 1 aliphatic heterocycles. The molecule has 1 fully saturated rings. The maximum absolute atomic E-state index is 6.39. The van der Waals surface area contributed by atoms with E-state index in [1.165, 1.54) is 12.8 Å². The van der Waals surface area contributed by atoms with Gasteiger partial charge in [0.15, 0.2) is 0 Å². The Morgan fingerprint density at radius 3 is 2.52 bits per heavy atom. The van der Waals surface area contributed by atoms with Crippen LogP contribution in [0.5, 0.6) is 0 Å². The van der Waals surface area contributed by atoms with E-state index in [1.807, 2.05) is 31.2 Å². The van der Waals surface area contributed by atoms with E-state index in [1.54, 1.807) is 0 Å². The summed E-state index contributed by atoms with van der Waals surface area (Å²) in [6, 6.07) is 14.2. The maximum Gasteiger partial charge on any atom is 0.143 e. The number of hydrogen-bond acceptors (Lipinski definition) is 3. The van der Waals surface area contributed by atoms with E-state index in [9.17, 15) is 0 Å². The van der Waals surface area contributed by atoms with Gasteiger partial charge in [-0.05, 0) is 68.2 Å². The van der Waals surface area contributed by atoms with Crippen LogP contribution in [0.2, 0.25) is 5.02 Å². The fraction of sp³-hybridized carbons (Fsp3) is 0.440. The molecule has 2 aliphatic rings.